The minimum Gasteiger partial charge on any atom is -0.350 e. The van der Waals surface area contributed by atoms with Crippen LogP contribution in [-0.2, 0) is 0 Å². The van der Waals surface area contributed by atoms with E-state index in [9.17, 15) is 0 Å². The quantitative estimate of drug-likeness (QED) is 0.821. The number of hydrogen-bond acceptors (Lipinski definition) is 4. The maximum atomic E-state index is 5.67. The molecule has 0 radical (unpaired) electrons. The van der Waals surface area contributed by atoms with Crippen LogP contribution in [0.5, 0.6) is 0 Å². The summed E-state index contributed by atoms with van der Waals surface area (Å²) in [6, 6.07) is 0.343. The zero-order chi connectivity index (χ0) is 9.97. The number of halogens is 1. The van der Waals surface area contributed by atoms with Crippen molar-refractivity contribution in [3.63, 3.8) is 0 Å². The van der Waals surface area contributed by atoms with Gasteiger partial charge in [-0.2, -0.15) is 0 Å². The Kier molecular flexibility index (Phi) is 3.17. The molecule has 0 spiro atoms. The summed E-state index contributed by atoms with van der Waals surface area (Å²) in [6.45, 7) is 0.653. The first-order valence-corrected chi connectivity index (χ1v) is 5.81. The minimum atomic E-state index is 0.343. The summed E-state index contributed by atoms with van der Waals surface area (Å²) in [4.78, 5) is 8.38. The first-order chi connectivity index (χ1) is 6.79. The highest BCUT2D eigenvalue weighted by molar-refractivity contribution is 14.1. The molecule has 1 heterocycles. The Morgan fingerprint density at radius 3 is 2.64 bits per heavy atom. The van der Waals surface area contributed by atoms with Crippen LogP contribution in [0.1, 0.15) is 12.8 Å². The van der Waals surface area contributed by atoms with Gasteiger partial charge in [0.05, 0.1) is 0 Å². The van der Waals surface area contributed by atoms with Crippen LogP contribution in [0.2, 0.25) is 0 Å². The molecule has 1 saturated carbocycles. The fraction of sp³-hybridized carbons (Fsp3) is 0.556. The van der Waals surface area contributed by atoms with Crippen LogP contribution in [0.15, 0.2) is 12.4 Å². The van der Waals surface area contributed by atoms with Crippen LogP contribution in [0, 0.1) is 9.49 Å². The maximum absolute atomic E-state index is 5.67. The molecule has 0 aliphatic heterocycles. The van der Waals surface area contributed by atoms with Gasteiger partial charge in [0.25, 0.3) is 0 Å². The van der Waals surface area contributed by atoms with E-state index in [1.54, 1.807) is 12.4 Å². The molecule has 14 heavy (non-hydrogen) atoms. The average Bonchev–Trinajstić information content (AvgIpc) is 3.01. The standard InChI is InChI=1S/C9H13IN4/c10-7-4-12-9(13-5-7)14-8(3-11)6-1-2-6/h4-6,8H,1-3,11H2,(H,12,13,14). The van der Waals surface area contributed by atoms with Crippen LogP contribution in [0.4, 0.5) is 5.95 Å². The van der Waals surface area contributed by atoms with Gasteiger partial charge in [0.1, 0.15) is 0 Å². The molecular weight excluding hydrogens is 291 g/mol. The van der Waals surface area contributed by atoms with Gasteiger partial charge in [-0.15, -0.1) is 0 Å². The van der Waals surface area contributed by atoms with E-state index in [1.807, 2.05) is 0 Å². The van der Waals surface area contributed by atoms with E-state index in [1.165, 1.54) is 12.8 Å². The monoisotopic (exact) mass is 304 g/mol. The molecule has 1 unspecified atom stereocenters. The SMILES string of the molecule is NCC(Nc1ncc(I)cn1)C1CC1. The molecule has 0 saturated heterocycles. The third-order valence-corrected chi connectivity index (χ3v) is 2.94. The van der Waals surface area contributed by atoms with Crippen molar-refractivity contribution in [2.45, 2.75) is 18.9 Å². The van der Waals surface area contributed by atoms with Crippen molar-refractivity contribution < 1.29 is 0 Å². The Hall–Kier alpha value is -0.430. The lowest BCUT2D eigenvalue weighted by Crippen LogP contribution is -2.31. The number of aromatic nitrogens is 2. The molecule has 1 aromatic heterocycles. The molecule has 1 atom stereocenters. The molecule has 0 bridgehead atoms. The normalized spacial score (nSPS) is 17.9. The number of nitrogens with one attached hydrogen (secondary N) is 1. The van der Waals surface area contributed by atoms with Gasteiger partial charge >= 0.3 is 0 Å². The molecule has 1 aromatic rings. The molecule has 76 valence electrons. The highest BCUT2D eigenvalue weighted by Gasteiger charge is 2.30. The van der Waals surface area contributed by atoms with E-state index < -0.39 is 0 Å². The van der Waals surface area contributed by atoms with E-state index in [-0.39, 0.29) is 0 Å². The summed E-state index contributed by atoms with van der Waals surface area (Å²) < 4.78 is 1.05. The maximum Gasteiger partial charge on any atom is 0.222 e. The smallest absolute Gasteiger partial charge is 0.222 e. The summed E-state index contributed by atoms with van der Waals surface area (Å²) >= 11 is 2.19. The Morgan fingerprint density at radius 1 is 1.50 bits per heavy atom. The highest BCUT2D eigenvalue weighted by Crippen LogP contribution is 2.33. The predicted octanol–water partition coefficient (Wildman–Crippen LogP) is 1.23. The number of anilines is 1. The summed E-state index contributed by atoms with van der Waals surface area (Å²) in [5, 5.41) is 3.27. The summed E-state index contributed by atoms with van der Waals surface area (Å²) in [5.41, 5.74) is 5.67. The molecule has 1 aliphatic rings. The molecule has 1 fully saturated rings. The Bertz CT molecular complexity index is 296. The van der Waals surface area contributed by atoms with Crippen molar-refractivity contribution in [1.29, 1.82) is 0 Å². The van der Waals surface area contributed by atoms with E-state index in [4.69, 9.17) is 5.73 Å². The molecule has 4 nitrogen and oxygen atoms in total. The van der Waals surface area contributed by atoms with E-state index in [0.29, 0.717) is 18.5 Å². The second-order valence-corrected chi connectivity index (χ2v) is 4.79. The average molecular weight is 304 g/mol. The van der Waals surface area contributed by atoms with Gasteiger partial charge in [0, 0.05) is 28.6 Å². The van der Waals surface area contributed by atoms with Gasteiger partial charge in [0.15, 0.2) is 0 Å². The second kappa shape index (κ2) is 4.39. The van der Waals surface area contributed by atoms with Crippen LogP contribution >= 0.6 is 22.6 Å². The Labute approximate surface area is 96.8 Å². The topological polar surface area (TPSA) is 63.8 Å². The third-order valence-electron chi connectivity index (χ3n) is 2.38. The van der Waals surface area contributed by atoms with Gasteiger partial charge < -0.3 is 11.1 Å². The predicted molar refractivity (Wildman–Crippen MR) is 63.9 cm³/mol. The second-order valence-electron chi connectivity index (χ2n) is 3.55. The lowest BCUT2D eigenvalue weighted by Gasteiger charge is -2.15. The van der Waals surface area contributed by atoms with Crippen LogP contribution in [0.3, 0.4) is 0 Å². The van der Waals surface area contributed by atoms with Crippen molar-refractivity contribution >= 4 is 28.5 Å². The highest BCUT2D eigenvalue weighted by atomic mass is 127. The van der Waals surface area contributed by atoms with E-state index >= 15 is 0 Å². The van der Waals surface area contributed by atoms with Gasteiger partial charge in [-0.05, 0) is 41.4 Å². The number of rotatable bonds is 4. The molecule has 0 amide bonds. The van der Waals surface area contributed by atoms with Crippen molar-refractivity contribution in [2.75, 3.05) is 11.9 Å². The summed E-state index contributed by atoms with van der Waals surface area (Å²) in [5.74, 6) is 1.41. The molecule has 2 rings (SSSR count). The van der Waals surface area contributed by atoms with Crippen LogP contribution in [-0.4, -0.2) is 22.6 Å². The van der Waals surface area contributed by atoms with Crippen molar-refractivity contribution in [1.82, 2.24) is 9.97 Å². The Balaban J connectivity index is 1.98. The molecule has 0 aromatic carbocycles. The van der Waals surface area contributed by atoms with Crippen molar-refractivity contribution in [3.8, 4) is 0 Å². The molecule has 3 N–H and O–H groups in total. The largest absolute Gasteiger partial charge is 0.350 e. The van der Waals surface area contributed by atoms with Gasteiger partial charge in [-0.1, -0.05) is 0 Å². The van der Waals surface area contributed by atoms with Crippen LogP contribution in [0.25, 0.3) is 0 Å². The number of hydrogen-bond donors (Lipinski definition) is 2. The summed E-state index contributed by atoms with van der Waals surface area (Å²) in [7, 11) is 0. The van der Waals surface area contributed by atoms with Gasteiger partial charge in [-0.3, -0.25) is 0 Å². The molecule has 1 aliphatic carbocycles. The zero-order valence-electron chi connectivity index (χ0n) is 7.78. The van der Waals surface area contributed by atoms with Crippen molar-refractivity contribution in [3.05, 3.63) is 16.0 Å². The van der Waals surface area contributed by atoms with Crippen molar-refractivity contribution in [2.24, 2.45) is 11.7 Å². The molecule has 5 heteroatoms. The first-order valence-electron chi connectivity index (χ1n) is 4.73. The lowest BCUT2D eigenvalue weighted by atomic mass is 10.2. The summed E-state index contributed by atoms with van der Waals surface area (Å²) in [6.07, 6.45) is 6.16. The van der Waals surface area contributed by atoms with Gasteiger partial charge in [0.2, 0.25) is 5.95 Å². The third kappa shape index (κ3) is 2.54. The first kappa shape index (κ1) is 10.1. The van der Waals surface area contributed by atoms with Gasteiger partial charge in [-0.25, -0.2) is 9.97 Å². The van der Waals surface area contributed by atoms with E-state index in [0.717, 1.165) is 9.49 Å². The number of nitrogens with zero attached hydrogens (tertiary/aromatic N) is 2. The van der Waals surface area contributed by atoms with E-state index in [2.05, 4.69) is 37.9 Å². The fourth-order valence-electron chi connectivity index (χ4n) is 1.42. The molecular formula is C9H13IN4. The fourth-order valence-corrected chi connectivity index (χ4v) is 1.70. The van der Waals surface area contributed by atoms with Crippen LogP contribution < -0.4 is 11.1 Å². The minimum absolute atomic E-state index is 0.343. The number of nitrogens with two attached hydrogens (primary N) is 1. The zero-order valence-corrected chi connectivity index (χ0v) is 9.94. The Morgan fingerprint density at radius 2 is 2.14 bits per heavy atom. The lowest BCUT2D eigenvalue weighted by molar-refractivity contribution is 0.639.